The number of nitrogens with zero attached hydrogens (tertiary/aromatic N) is 3. The van der Waals surface area contributed by atoms with E-state index in [-0.39, 0.29) is 5.71 Å². The molecule has 0 bridgehead atoms. The molecule has 0 radical (unpaired) electrons. The number of fused-ring (bicyclic) bond motifs is 1. The maximum absolute atomic E-state index is 12.8. The maximum atomic E-state index is 12.8. The van der Waals surface area contributed by atoms with Crippen molar-refractivity contribution in [3.8, 4) is 0 Å². The van der Waals surface area contributed by atoms with Crippen LogP contribution in [-0.2, 0) is 23.9 Å². The fourth-order valence-electron chi connectivity index (χ4n) is 2.97. The smallest absolute Gasteiger partial charge is 0.355 e. The van der Waals surface area contributed by atoms with Gasteiger partial charge in [0.25, 0.3) is 5.91 Å². The van der Waals surface area contributed by atoms with Crippen molar-refractivity contribution in [2.75, 3.05) is 12.0 Å². The quantitative estimate of drug-likeness (QED) is 0.572. The van der Waals surface area contributed by atoms with E-state index < -0.39 is 35.7 Å². The molecule has 2 atom stereocenters. The highest BCUT2D eigenvalue weighted by molar-refractivity contribution is 6.47. The highest BCUT2D eigenvalue weighted by atomic mass is 16.5. The van der Waals surface area contributed by atoms with Gasteiger partial charge in [-0.2, -0.15) is 5.10 Å². The molecule has 1 fully saturated rings. The van der Waals surface area contributed by atoms with E-state index in [1.54, 1.807) is 18.2 Å². The van der Waals surface area contributed by atoms with Crippen LogP contribution in [0.4, 0.5) is 5.69 Å². The molecule has 1 aromatic carbocycles. The second-order valence-corrected chi connectivity index (χ2v) is 5.61. The Morgan fingerprint density at radius 2 is 1.92 bits per heavy atom. The number of hydrogen-bond donors (Lipinski definition) is 0. The molecule has 0 unspecified atom stereocenters. The summed E-state index contributed by atoms with van der Waals surface area (Å²) in [6.45, 7) is 3.05. The summed E-state index contributed by atoms with van der Waals surface area (Å²) in [6.07, 6.45) is 0. The normalized spacial score (nSPS) is 22.5. The van der Waals surface area contributed by atoms with Crippen LogP contribution in [0.5, 0.6) is 0 Å². The van der Waals surface area contributed by atoms with Gasteiger partial charge in [0, 0.05) is 6.92 Å². The molecule has 2 aliphatic rings. The zero-order valence-electron chi connectivity index (χ0n) is 13.3. The van der Waals surface area contributed by atoms with Crippen molar-refractivity contribution in [2.45, 2.75) is 19.9 Å². The Labute approximate surface area is 137 Å². The van der Waals surface area contributed by atoms with E-state index in [1.807, 2.05) is 13.0 Å². The molecule has 3 rings (SSSR count). The van der Waals surface area contributed by atoms with Crippen LogP contribution in [0.2, 0.25) is 0 Å². The van der Waals surface area contributed by atoms with Crippen molar-refractivity contribution in [1.82, 2.24) is 5.01 Å². The van der Waals surface area contributed by atoms with Crippen LogP contribution in [0.25, 0.3) is 0 Å². The van der Waals surface area contributed by atoms with Crippen molar-refractivity contribution in [3.05, 3.63) is 29.8 Å². The zero-order chi connectivity index (χ0) is 17.6. The van der Waals surface area contributed by atoms with Crippen molar-refractivity contribution >= 4 is 35.1 Å². The van der Waals surface area contributed by atoms with Crippen molar-refractivity contribution < 1.29 is 23.9 Å². The lowest BCUT2D eigenvalue weighted by Crippen LogP contribution is -2.41. The average Bonchev–Trinajstić information content (AvgIpc) is 3.05. The van der Waals surface area contributed by atoms with Crippen LogP contribution in [0.3, 0.4) is 0 Å². The summed E-state index contributed by atoms with van der Waals surface area (Å²) >= 11 is 0. The number of carbonyl (C=O) groups excluding carboxylic acids is 4. The third-order valence-corrected chi connectivity index (χ3v) is 4.03. The van der Waals surface area contributed by atoms with Crippen molar-refractivity contribution in [2.24, 2.45) is 11.0 Å². The summed E-state index contributed by atoms with van der Waals surface area (Å²) in [7, 11) is 1.15. The predicted octanol–water partition coefficient (Wildman–Crippen LogP) is 0.244. The Kier molecular flexibility index (Phi) is 3.67. The highest BCUT2D eigenvalue weighted by Gasteiger charge is 2.59. The molecule has 2 aliphatic heterocycles. The Balaban J connectivity index is 2.07. The van der Waals surface area contributed by atoms with E-state index in [1.165, 1.54) is 6.92 Å². The van der Waals surface area contributed by atoms with Crippen LogP contribution in [0.1, 0.15) is 12.5 Å². The first-order valence-electron chi connectivity index (χ1n) is 7.28. The van der Waals surface area contributed by atoms with Gasteiger partial charge in [0.1, 0.15) is 5.92 Å². The number of methoxy groups -OCH3 is 1. The fourth-order valence-corrected chi connectivity index (χ4v) is 2.97. The molecule has 0 saturated carbocycles. The van der Waals surface area contributed by atoms with E-state index in [0.29, 0.717) is 5.69 Å². The second-order valence-electron chi connectivity index (χ2n) is 5.61. The lowest BCUT2D eigenvalue weighted by molar-refractivity contribution is -0.136. The summed E-state index contributed by atoms with van der Waals surface area (Å²) in [5.74, 6) is -3.69. The minimum atomic E-state index is -1.15. The number of carbonyl (C=O) groups is 4. The molecule has 0 aromatic heterocycles. The molecule has 8 nitrogen and oxygen atoms in total. The summed E-state index contributed by atoms with van der Waals surface area (Å²) < 4.78 is 4.62. The summed E-state index contributed by atoms with van der Waals surface area (Å²) in [4.78, 5) is 50.2. The molecule has 0 aliphatic carbocycles. The van der Waals surface area contributed by atoms with Gasteiger partial charge < -0.3 is 4.74 Å². The number of ether oxygens (including phenoxy) is 1. The van der Waals surface area contributed by atoms with Gasteiger partial charge in [-0.15, -0.1) is 0 Å². The number of amides is 3. The Morgan fingerprint density at radius 3 is 2.50 bits per heavy atom. The van der Waals surface area contributed by atoms with Crippen LogP contribution in [-0.4, -0.2) is 47.6 Å². The minimum Gasteiger partial charge on any atom is -0.464 e. The Hall–Kier alpha value is -3.03. The van der Waals surface area contributed by atoms with Crippen LogP contribution < -0.4 is 4.90 Å². The van der Waals surface area contributed by atoms with Gasteiger partial charge in [-0.25, -0.2) is 14.7 Å². The molecule has 0 N–H and O–H groups in total. The number of anilines is 1. The summed E-state index contributed by atoms with van der Waals surface area (Å²) in [5, 5.41) is 4.73. The first kappa shape index (κ1) is 15.9. The molecule has 124 valence electrons. The number of benzene rings is 1. The summed E-state index contributed by atoms with van der Waals surface area (Å²) in [5.41, 5.74) is 1.04. The van der Waals surface area contributed by atoms with Gasteiger partial charge in [-0.05, 0) is 24.6 Å². The molecule has 8 heteroatoms. The monoisotopic (exact) mass is 329 g/mol. The van der Waals surface area contributed by atoms with E-state index in [0.717, 1.165) is 22.6 Å². The van der Waals surface area contributed by atoms with Gasteiger partial charge in [0.05, 0.1) is 12.8 Å². The first-order chi connectivity index (χ1) is 11.4. The third kappa shape index (κ3) is 2.18. The molecule has 2 heterocycles. The third-order valence-electron chi connectivity index (χ3n) is 4.03. The van der Waals surface area contributed by atoms with Gasteiger partial charge in [-0.3, -0.25) is 14.4 Å². The molecular formula is C16H15N3O5. The van der Waals surface area contributed by atoms with E-state index in [9.17, 15) is 19.2 Å². The Bertz CT molecular complexity index is 801. The maximum Gasteiger partial charge on any atom is 0.355 e. The van der Waals surface area contributed by atoms with Gasteiger partial charge in [0.15, 0.2) is 11.8 Å². The topological polar surface area (TPSA) is 96.3 Å². The standard InChI is InChI=1S/C16H15N3O5/c1-8-5-4-6-10(7-8)18-14(21)11-12(16(23)24-3)17-19(9(2)20)13(11)15(18)22/h4-7,11,13H,1-3H3/t11-,13-/m0/s1. The van der Waals surface area contributed by atoms with E-state index in [2.05, 4.69) is 9.84 Å². The number of hydrazone groups is 1. The Morgan fingerprint density at radius 1 is 1.21 bits per heavy atom. The number of hydrogen-bond acceptors (Lipinski definition) is 6. The van der Waals surface area contributed by atoms with Crippen molar-refractivity contribution in [1.29, 1.82) is 0 Å². The second kappa shape index (κ2) is 5.55. The SMILES string of the molecule is COC(=O)C1=NN(C(C)=O)[C@@H]2C(=O)N(c3cccc(C)c3)C(=O)[C@@H]12. The molecule has 1 saturated heterocycles. The predicted molar refractivity (Wildman–Crippen MR) is 82.9 cm³/mol. The van der Waals surface area contributed by atoms with Gasteiger partial charge in [0.2, 0.25) is 11.8 Å². The number of imide groups is 1. The molecular weight excluding hydrogens is 314 g/mol. The lowest BCUT2D eigenvalue weighted by atomic mass is 9.98. The number of aryl methyl sites for hydroxylation is 1. The van der Waals surface area contributed by atoms with Crippen LogP contribution >= 0.6 is 0 Å². The van der Waals surface area contributed by atoms with Crippen molar-refractivity contribution in [3.63, 3.8) is 0 Å². The summed E-state index contributed by atoms with van der Waals surface area (Å²) in [6, 6.07) is 5.71. The minimum absolute atomic E-state index is 0.230. The van der Waals surface area contributed by atoms with Gasteiger partial charge in [-0.1, -0.05) is 12.1 Å². The fraction of sp³-hybridized carbons (Fsp3) is 0.312. The molecule has 1 aromatic rings. The molecule has 24 heavy (non-hydrogen) atoms. The molecule has 3 amide bonds. The lowest BCUT2D eigenvalue weighted by Gasteiger charge is -2.19. The number of rotatable bonds is 2. The largest absolute Gasteiger partial charge is 0.464 e. The molecule has 0 spiro atoms. The zero-order valence-corrected chi connectivity index (χ0v) is 13.3. The van der Waals surface area contributed by atoms with Crippen LogP contribution in [0, 0.1) is 12.8 Å². The van der Waals surface area contributed by atoms with Crippen LogP contribution in [0.15, 0.2) is 29.4 Å². The van der Waals surface area contributed by atoms with E-state index in [4.69, 9.17) is 0 Å². The first-order valence-corrected chi connectivity index (χ1v) is 7.28. The number of esters is 1. The van der Waals surface area contributed by atoms with E-state index >= 15 is 0 Å². The highest BCUT2D eigenvalue weighted by Crippen LogP contribution is 2.35. The van der Waals surface area contributed by atoms with Gasteiger partial charge >= 0.3 is 5.97 Å². The average molecular weight is 329 g/mol.